The third kappa shape index (κ3) is 2.36. The highest BCUT2D eigenvalue weighted by Crippen LogP contribution is 2.50. The first kappa shape index (κ1) is 15.7. The number of benzene rings is 1. The number of aryl methyl sites for hydroxylation is 1. The highest BCUT2D eigenvalue weighted by Gasteiger charge is 2.51. The third-order valence-electron chi connectivity index (χ3n) is 5.64. The zero-order valence-corrected chi connectivity index (χ0v) is 14.1. The Bertz CT molecular complexity index is 722. The standard InChI is InChI=1S/C18H23FN4O/c1-11-21-17(23-22-11)12-6-15(8-16(19)7-12)18(24-2)13-4-3-5-14(18)10-20-9-13/h6-8,13-14,20H,3-5,9-10H2,1-2H3,(H,21,22,23). The molecule has 0 radical (unpaired) electrons. The number of ether oxygens (including phenoxy) is 1. The van der Waals surface area contributed by atoms with Gasteiger partial charge >= 0.3 is 0 Å². The van der Waals surface area contributed by atoms with Crippen molar-refractivity contribution in [3.8, 4) is 11.4 Å². The van der Waals surface area contributed by atoms with Gasteiger partial charge in [0.1, 0.15) is 17.2 Å². The fraction of sp³-hybridized carbons (Fsp3) is 0.556. The van der Waals surface area contributed by atoms with Gasteiger partial charge in [0, 0.05) is 37.6 Å². The summed E-state index contributed by atoms with van der Waals surface area (Å²) in [5.74, 6) is 1.70. The van der Waals surface area contributed by atoms with Crippen LogP contribution in [0.2, 0.25) is 0 Å². The lowest BCUT2D eigenvalue weighted by molar-refractivity contribution is -0.144. The Morgan fingerprint density at radius 1 is 1.21 bits per heavy atom. The van der Waals surface area contributed by atoms with Crippen molar-refractivity contribution in [2.45, 2.75) is 31.8 Å². The van der Waals surface area contributed by atoms with Gasteiger partial charge < -0.3 is 10.1 Å². The second kappa shape index (κ2) is 5.93. The van der Waals surface area contributed by atoms with Gasteiger partial charge in [0.05, 0.1) is 0 Å². The van der Waals surface area contributed by atoms with Gasteiger partial charge in [-0.15, -0.1) is 0 Å². The monoisotopic (exact) mass is 330 g/mol. The number of hydrogen-bond acceptors (Lipinski definition) is 4. The Hall–Kier alpha value is -1.79. The number of fused-ring (bicyclic) bond motifs is 2. The van der Waals surface area contributed by atoms with Crippen LogP contribution in [0, 0.1) is 24.6 Å². The molecule has 0 amide bonds. The molecule has 1 aliphatic carbocycles. The number of nitrogens with one attached hydrogen (secondary N) is 2. The maximum absolute atomic E-state index is 14.4. The average Bonchev–Trinajstić information content (AvgIpc) is 2.99. The van der Waals surface area contributed by atoms with E-state index in [-0.39, 0.29) is 5.82 Å². The van der Waals surface area contributed by atoms with Crippen molar-refractivity contribution in [1.29, 1.82) is 0 Å². The molecule has 2 unspecified atom stereocenters. The van der Waals surface area contributed by atoms with Gasteiger partial charge in [0.15, 0.2) is 5.82 Å². The minimum absolute atomic E-state index is 0.266. The zero-order chi connectivity index (χ0) is 16.7. The van der Waals surface area contributed by atoms with Crippen molar-refractivity contribution in [3.63, 3.8) is 0 Å². The van der Waals surface area contributed by atoms with Gasteiger partial charge in [0.25, 0.3) is 0 Å². The minimum atomic E-state index is -0.425. The molecule has 2 fully saturated rings. The van der Waals surface area contributed by atoms with Crippen molar-refractivity contribution < 1.29 is 9.13 Å². The van der Waals surface area contributed by atoms with Crippen LogP contribution in [0.3, 0.4) is 0 Å². The van der Waals surface area contributed by atoms with E-state index in [1.165, 1.54) is 12.5 Å². The lowest BCUT2D eigenvalue weighted by Crippen LogP contribution is -2.57. The van der Waals surface area contributed by atoms with Gasteiger partial charge in [-0.2, -0.15) is 5.10 Å². The summed E-state index contributed by atoms with van der Waals surface area (Å²) in [7, 11) is 1.76. The number of aromatic amines is 1. The lowest BCUT2D eigenvalue weighted by atomic mass is 9.62. The van der Waals surface area contributed by atoms with Crippen LogP contribution in [0.5, 0.6) is 0 Å². The largest absolute Gasteiger partial charge is 0.373 e. The maximum Gasteiger partial charge on any atom is 0.181 e. The molecule has 2 bridgehead atoms. The van der Waals surface area contributed by atoms with Crippen molar-refractivity contribution in [2.24, 2.45) is 11.8 Å². The zero-order valence-electron chi connectivity index (χ0n) is 14.1. The first-order valence-electron chi connectivity index (χ1n) is 8.60. The second-order valence-electron chi connectivity index (χ2n) is 6.95. The first-order valence-corrected chi connectivity index (χ1v) is 8.60. The number of halogens is 1. The summed E-state index contributed by atoms with van der Waals surface area (Å²) in [6, 6.07) is 5.13. The average molecular weight is 330 g/mol. The Morgan fingerprint density at radius 2 is 1.96 bits per heavy atom. The van der Waals surface area contributed by atoms with Crippen LogP contribution in [0.1, 0.15) is 30.7 Å². The molecule has 5 nitrogen and oxygen atoms in total. The summed E-state index contributed by atoms with van der Waals surface area (Å²) < 4.78 is 20.5. The van der Waals surface area contributed by atoms with Crippen LogP contribution < -0.4 is 5.32 Å². The van der Waals surface area contributed by atoms with E-state index in [1.807, 2.05) is 13.0 Å². The number of hydrogen-bond donors (Lipinski definition) is 2. The number of aromatic nitrogens is 3. The molecule has 2 N–H and O–H groups in total. The molecule has 0 spiro atoms. The van der Waals surface area contributed by atoms with Crippen LogP contribution in [-0.2, 0) is 10.3 Å². The van der Waals surface area contributed by atoms with E-state index < -0.39 is 5.60 Å². The van der Waals surface area contributed by atoms with Crippen molar-refractivity contribution in [3.05, 3.63) is 35.4 Å². The van der Waals surface area contributed by atoms with Crippen molar-refractivity contribution >= 4 is 0 Å². The van der Waals surface area contributed by atoms with E-state index in [0.29, 0.717) is 23.2 Å². The molecule has 1 saturated heterocycles. The quantitative estimate of drug-likeness (QED) is 0.908. The number of piperidine rings is 1. The summed E-state index contributed by atoms with van der Waals surface area (Å²) in [6.07, 6.45) is 3.41. The molecule has 2 atom stereocenters. The SMILES string of the molecule is COC1(c2cc(F)cc(-c3n[nH]c(C)n3)c2)C2CCCC1CNC2. The predicted octanol–water partition coefficient (Wildman–Crippen LogP) is 2.78. The van der Waals surface area contributed by atoms with Gasteiger partial charge in [-0.05, 0) is 43.5 Å². The number of methoxy groups -OCH3 is 1. The summed E-state index contributed by atoms with van der Waals surface area (Å²) in [4.78, 5) is 4.34. The Kier molecular flexibility index (Phi) is 3.89. The number of rotatable bonds is 3. The molecular weight excluding hydrogens is 307 g/mol. The van der Waals surface area contributed by atoms with E-state index in [1.54, 1.807) is 13.2 Å². The molecule has 4 rings (SSSR count). The van der Waals surface area contributed by atoms with Gasteiger partial charge in [-0.3, -0.25) is 5.10 Å². The topological polar surface area (TPSA) is 62.8 Å². The Labute approximate surface area is 141 Å². The minimum Gasteiger partial charge on any atom is -0.373 e. The summed E-state index contributed by atoms with van der Waals surface area (Å²) in [5.41, 5.74) is 1.19. The Balaban J connectivity index is 1.84. The smallest absolute Gasteiger partial charge is 0.181 e. The molecule has 1 aromatic heterocycles. The molecule has 2 aliphatic rings. The van der Waals surface area contributed by atoms with Crippen LogP contribution in [0.15, 0.2) is 18.2 Å². The van der Waals surface area contributed by atoms with E-state index in [4.69, 9.17) is 4.74 Å². The summed E-state index contributed by atoms with van der Waals surface area (Å²) in [6.45, 7) is 3.66. The van der Waals surface area contributed by atoms with Crippen LogP contribution >= 0.6 is 0 Å². The number of H-pyrrole nitrogens is 1. The molecule has 2 aromatic rings. The Morgan fingerprint density at radius 3 is 2.58 bits per heavy atom. The first-order chi connectivity index (χ1) is 11.6. The number of nitrogens with zero attached hydrogens (tertiary/aromatic N) is 2. The van der Waals surface area contributed by atoms with Gasteiger partial charge in [-0.1, -0.05) is 6.42 Å². The van der Waals surface area contributed by atoms with Gasteiger partial charge in [0.2, 0.25) is 0 Å². The van der Waals surface area contributed by atoms with Crippen LogP contribution in [-0.4, -0.2) is 35.4 Å². The molecule has 1 aliphatic heterocycles. The van der Waals surface area contributed by atoms with Gasteiger partial charge in [-0.25, -0.2) is 9.37 Å². The predicted molar refractivity (Wildman–Crippen MR) is 88.9 cm³/mol. The molecule has 128 valence electrons. The highest BCUT2D eigenvalue weighted by molar-refractivity contribution is 5.57. The maximum atomic E-state index is 14.4. The highest BCUT2D eigenvalue weighted by atomic mass is 19.1. The second-order valence-corrected chi connectivity index (χ2v) is 6.95. The van der Waals surface area contributed by atoms with Crippen LogP contribution in [0.4, 0.5) is 4.39 Å². The summed E-state index contributed by atoms with van der Waals surface area (Å²) in [5, 5.41) is 10.5. The van der Waals surface area contributed by atoms with Crippen molar-refractivity contribution in [1.82, 2.24) is 20.5 Å². The van der Waals surface area contributed by atoms with Crippen LogP contribution in [0.25, 0.3) is 11.4 Å². The lowest BCUT2D eigenvalue weighted by Gasteiger charge is -2.52. The van der Waals surface area contributed by atoms with E-state index in [0.717, 1.165) is 37.3 Å². The van der Waals surface area contributed by atoms with E-state index in [2.05, 4.69) is 20.5 Å². The molecule has 6 heteroatoms. The van der Waals surface area contributed by atoms with Crippen molar-refractivity contribution in [2.75, 3.05) is 20.2 Å². The molecule has 24 heavy (non-hydrogen) atoms. The molecule has 1 saturated carbocycles. The third-order valence-corrected chi connectivity index (χ3v) is 5.64. The molecule has 1 aromatic carbocycles. The fourth-order valence-corrected chi connectivity index (χ4v) is 4.65. The van der Waals surface area contributed by atoms with E-state index >= 15 is 0 Å². The molecular formula is C18H23FN4O. The molecule has 2 heterocycles. The fourth-order valence-electron chi connectivity index (χ4n) is 4.65. The normalized spacial score (nSPS) is 29.6. The van der Waals surface area contributed by atoms with E-state index in [9.17, 15) is 4.39 Å². The summed E-state index contributed by atoms with van der Waals surface area (Å²) >= 11 is 0.